The summed E-state index contributed by atoms with van der Waals surface area (Å²) < 4.78 is 0. The Balaban J connectivity index is 2.71. The number of hydrogen-bond donors (Lipinski definition) is 1. The van der Waals surface area contributed by atoms with Crippen LogP contribution < -0.4 is 5.06 Å². The normalized spacial score (nSPS) is 10.5. The third kappa shape index (κ3) is 1.44. The average Bonchev–Trinajstić information content (AvgIpc) is 2.16. The van der Waals surface area contributed by atoms with Gasteiger partial charge in [0.2, 0.25) is 0 Å². The van der Waals surface area contributed by atoms with Gasteiger partial charge in [0.05, 0.1) is 5.69 Å². The Kier molecular flexibility index (Phi) is 2.14. The lowest BCUT2D eigenvalue weighted by molar-refractivity contribution is 0.279. The van der Waals surface area contributed by atoms with Gasteiger partial charge in [0.15, 0.2) is 0 Å². The average molecular weight is 187 g/mol. The van der Waals surface area contributed by atoms with E-state index < -0.39 is 0 Å². The number of anilines is 1. The van der Waals surface area contributed by atoms with Crippen molar-refractivity contribution in [3.8, 4) is 0 Å². The summed E-state index contributed by atoms with van der Waals surface area (Å²) >= 11 is 0. The first-order valence-electron chi connectivity index (χ1n) is 4.60. The molecule has 0 atom stereocenters. The summed E-state index contributed by atoms with van der Waals surface area (Å²) in [5, 5.41) is 12.9. The van der Waals surface area contributed by atoms with Gasteiger partial charge in [0.1, 0.15) is 0 Å². The van der Waals surface area contributed by atoms with Gasteiger partial charge in [0, 0.05) is 7.05 Å². The van der Waals surface area contributed by atoms with E-state index >= 15 is 0 Å². The highest BCUT2D eigenvalue weighted by molar-refractivity contribution is 5.87. The molecule has 2 rings (SSSR count). The molecule has 0 aliphatic carbocycles. The Morgan fingerprint density at radius 2 is 1.64 bits per heavy atom. The quantitative estimate of drug-likeness (QED) is 0.694. The van der Waals surface area contributed by atoms with Crippen molar-refractivity contribution in [2.24, 2.45) is 0 Å². The molecule has 0 fully saturated rings. The first-order valence-corrected chi connectivity index (χ1v) is 4.60. The molecule has 0 spiro atoms. The topological polar surface area (TPSA) is 23.5 Å². The van der Waals surface area contributed by atoms with Gasteiger partial charge in [-0.05, 0) is 35.4 Å². The highest BCUT2D eigenvalue weighted by atomic mass is 16.5. The molecule has 0 unspecified atom stereocenters. The summed E-state index contributed by atoms with van der Waals surface area (Å²) in [5.41, 5.74) is 1.93. The smallest absolute Gasteiger partial charge is 0.0666 e. The van der Waals surface area contributed by atoms with Crippen molar-refractivity contribution >= 4 is 16.5 Å². The lowest BCUT2D eigenvalue weighted by Crippen LogP contribution is -2.11. The summed E-state index contributed by atoms with van der Waals surface area (Å²) in [7, 11) is 1.64. The highest BCUT2D eigenvalue weighted by Gasteiger charge is 2.03. The van der Waals surface area contributed by atoms with Crippen molar-refractivity contribution in [1.82, 2.24) is 0 Å². The van der Waals surface area contributed by atoms with E-state index in [1.165, 1.54) is 5.39 Å². The molecule has 0 saturated carbocycles. The van der Waals surface area contributed by atoms with Gasteiger partial charge < -0.3 is 0 Å². The minimum Gasteiger partial charge on any atom is -0.289 e. The number of hydroxylamine groups is 1. The fourth-order valence-electron chi connectivity index (χ4n) is 1.69. The molecule has 72 valence electrons. The maximum Gasteiger partial charge on any atom is 0.0666 e. The minimum atomic E-state index is 0.851. The Morgan fingerprint density at radius 3 is 2.21 bits per heavy atom. The number of hydrogen-bond acceptors (Lipinski definition) is 2. The summed E-state index contributed by atoms with van der Waals surface area (Å²) in [6, 6.07) is 12.2. The van der Waals surface area contributed by atoms with E-state index in [9.17, 15) is 5.21 Å². The third-order valence-electron chi connectivity index (χ3n) is 2.41. The number of rotatable bonds is 1. The maximum absolute atomic E-state index is 9.40. The molecule has 0 heterocycles. The van der Waals surface area contributed by atoms with Crippen LogP contribution in [0.25, 0.3) is 10.8 Å². The summed E-state index contributed by atoms with van der Waals surface area (Å²) in [4.78, 5) is 0. The second-order valence-corrected chi connectivity index (χ2v) is 3.51. The largest absolute Gasteiger partial charge is 0.289 e. The second kappa shape index (κ2) is 3.31. The van der Waals surface area contributed by atoms with Crippen LogP contribution >= 0.6 is 0 Å². The maximum atomic E-state index is 9.40. The first kappa shape index (κ1) is 9.03. The monoisotopic (exact) mass is 187 g/mol. The van der Waals surface area contributed by atoms with Crippen LogP contribution in [-0.4, -0.2) is 12.3 Å². The number of fused-ring (bicyclic) bond motifs is 1. The van der Waals surface area contributed by atoms with Crippen LogP contribution in [0.2, 0.25) is 0 Å². The van der Waals surface area contributed by atoms with Crippen LogP contribution in [0.5, 0.6) is 0 Å². The lowest BCUT2D eigenvalue weighted by Gasteiger charge is -2.14. The molecule has 2 aromatic rings. The Morgan fingerprint density at radius 1 is 1.07 bits per heavy atom. The molecule has 0 bridgehead atoms. The van der Waals surface area contributed by atoms with E-state index in [0.717, 1.165) is 21.7 Å². The van der Waals surface area contributed by atoms with E-state index in [-0.39, 0.29) is 0 Å². The highest BCUT2D eigenvalue weighted by Crippen LogP contribution is 2.24. The van der Waals surface area contributed by atoms with Crippen LogP contribution in [0.1, 0.15) is 5.56 Å². The first-order chi connectivity index (χ1) is 6.68. The molecule has 0 radical (unpaired) electrons. The van der Waals surface area contributed by atoms with E-state index in [2.05, 4.69) is 12.1 Å². The molecule has 1 N–H and O–H groups in total. The summed E-state index contributed by atoms with van der Waals surface area (Å²) in [6.45, 7) is 1.99. The van der Waals surface area contributed by atoms with Gasteiger partial charge in [-0.1, -0.05) is 24.3 Å². The van der Waals surface area contributed by atoms with Gasteiger partial charge in [-0.15, -0.1) is 0 Å². The zero-order valence-electron chi connectivity index (χ0n) is 8.36. The van der Waals surface area contributed by atoms with E-state index in [1.807, 2.05) is 31.2 Å². The molecule has 0 amide bonds. The fraction of sp³-hybridized carbons (Fsp3) is 0.167. The van der Waals surface area contributed by atoms with Gasteiger partial charge in [-0.3, -0.25) is 10.3 Å². The zero-order chi connectivity index (χ0) is 10.1. The summed E-state index contributed by atoms with van der Waals surface area (Å²) in [6.07, 6.45) is 0. The minimum absolute atomic E-state index is 0.851. The number of nitrogens with zero attached hydrogens (tertiary/aromatic N) is 1. The lowest BCUT2D eigenvalue weighted by atomic mass is 10.1. The fourth-order valence-corrected chi connectivity index (χ4v) is 1.69. The van der Waals surface area contributed by atoms with Crippen molar-refractivity contribution in [2.75, 3.05) is 12.1 Å². The molecule has 2 heteroatoms. The number of aryl methyl sites for hydroxylation is 1. The van der Waals surface area contributed by atoms with Crippen LogP contribution in [-0.2, 0) is 0 Å². The van der Waals surface area contributed by atoms with Crippen molar-refractivity contribution in [2.45, 2.75) is 6.92 Å². The van der Waals surface area contributed by atoms with Crippen molar-refractivity contribution in [3.63, 3.8) is 0 Å². The van der Waals surface area contributed by atoms with E-state index in [1.54, 1.807) is 7.05 Å². The number of benzene rings is 2. The van der Waals surface area contributed by atoms with Crippen LogP contribution in [0, 0.1) is 6.92 Å². The molecule has 0 aliphatic heterocycles. The molecule has 2 nitrogen and oxygen atoms in total. The van der Waals surface area contributed by atoms with Crippen molar-refractivity contribution in [3.05, 3.63) is 42.0 Å². The third-order valence-corrected chi connectivity index (χ3v) is 2.41. The van der Waals surface area contributed by atoms with Gasteiger partial charge in [0.25, 0.3) is 0 Å². The second-order valence-electron chi connectivity index (χ2n) is 3.51. The Labute approximate surface area is 83.4 Å². The van der Waals surface area contributed by atoms with E-state index in [4.69, 9.17) is 0 Å². The molecule has 0 saturated heterocycles. The predicted molar refractivity (Wildman–Crippen MR) is 58.9 cm³/mol. The van der Waals surface area contributed by atoms with Crippen LogP contribution in [0.3, 0.4) is 0 Å². The molecule has 2 aromatic carbocycles. The Bertz CT molecular complexity index is 463. The standard InChI is InChI=1S/C12H13NO/c1-9-7-10-5-3-4-6-11(10)8-12(9)13(2)14/h3-8,14H,1-2H3. The van der Waals surface area contributed by atoms with Crippen molar-refractivity contribution < 1.29 is 5.21 Å². The zero-order valence-corrected chi connectivity index (χ0v) is 8.36. The predicted octanol–water partition coefficient (Wildman–Crippen LogP) is 2.97. The van der Waals surface area contributed by atoms with E-state index in [0.29, 0.717) is 0 Å². The van der Waals surface area contributed by atoms with Crippen LogP contribution in [0.4, 0.5) is 5.69 Å². The SMILES string of the molecule is Cc1cc2ccccc2cc1N(C)O. The van der Waals surface area contributed by atoms with Gasteiger partial charge in [-0.25, -0.2) is 0 Å². The molecule has 0 aliphatic rings. The van der Waals surface area contributed by atoms with Crippen LogP contribution in [0.15, 0.2) is 36.4 Å². The molecular formula is C12H13NO. The molecule has 0 aromatic heterocycles. The molecular weight excluding hydrogens is 174 g/mol. The summed E-state index contributed by atoms with van der Waals surface area (Å²) in [5.74, 6) is 0. The van der Waals surface area contributed by atoms with Gasteiger partial charge >= 0.3 is 0 Å². The van der Waals surface area contributed by atoms with Gasteiger partial charge in [-0.2, -0.15) is 0 Å². The Hall–Kier alpha value is -1.54. The van der Waals surface area contributed by atoms with Crippen molar-refractivity contribution in [1.29, 1.82) is 0 Å². The molecule has 14 heavy (non-hydrogen) atoms.